The van der Waals surface area contributed by atoms with Crippen LogP contribution in [0.2, 0.25) is 0 Å². The van der Waals surface area contributed by atoms with Crippen LogP contribution in [0.25, 0.3) is 0 Å². The van der Waals surface area contributed by atoms with E-state index in [4.69, 9.17) is 11.6 Å². The average Bonchev–Trinajstić information content (AvgIpc) is 2.68. The van der Waals surface area contributed by atoms with E-state index in [1.165, 1.54) is 4.90 Å². The number of halogens is 1. The lowest BCUT2D eigenvalue weighted by Crippen LogP contribution is -2.38. The number of aromatic nitrogens is 1. The molecule has 2 amide bonds. The van der Waals surface area contributed by atoms with Gasteiger partial charge in [-0.2, -0.15) is 0 Å². The number of benzene rings is 1. The summed E-state index contributed by atoms with van der Waals surface area (Å²) in [6.07, 6.45) is 6.03. The minimum absolute atomic E-state index is 0.298. The second-order valence-electron chi connectivity index (χ2n) is 5.73. The van der Waals surface area contributed by atoms with E-state index >= 15 is 0 Å². The number of nitrogens with one attached hydrogen (secondary N) is 2. The van der Waals surface area contributed by atoms with Crippen LogP contribution in [0.15, 0.2) is 71.4 Å². The average molecular weight is 387 g/mol. The first-order valence-corrected chi connectivity index (χ1v) is 8.91. The molecule has 0 bridgehead atoms. The number of anilines is 3. The molecule has 0 unspecified atom stereocenters. The van der Waals surface area contributed by atoms with E-state index < -0.39 is 0 Å². The van der Waals surface area contributed by atoms with Crippen molar-refractivity contribution in [1.29, 1.82) is 0 Å². The van der Waals surface area contributed by atoms with E-state index in [1.54, 1.807) is 30.5 Å². The summed E-state index contributed by atoms with van der Waals surface area (Å²) < 4.78 is 0. The first kappa shape index (κ1) is 20.5. The van der Waals surface area contributed by atoms with E-state index in [0.717, 1.165) is 5.57 Å². The zero-order chi connectivity index (χ0) is 19.6. The maximum atomic E-state index is 12.9. The number of pyridine rings is 1. The first-order chi connectivity index (χ1) is 13.1. The second-order valence-corrected chi connectivity index (χ2v) is 6.33. The summed E-state index contributed by atoms with van der Waals surface area (Å²) in [6, 6.07) is 12.1. The second kappa shape index (κ2) is 10.4. The van der Waals surface area contributed by atoms with Crippen LogP contribution < -0.4 is 15.7 Å². The molecule has 0 atom stereocenters. The molecule has 2 aromatic rings. The van der Waals surface area contributed by atoms with Crippen molar-refractivity contribution in [2.75, 3.05) is 16.9 Å². The number of carbonyl (C=O) groups is 1. The van der Waals surface area contributed by atoms with Gasteiger partial charge < -0.3 is 5.32 Å². The van der Waals surface area contributed by atoms with E-state index in [9.17, 15) is 10.0 Å². The van der Waals surface area contributed by atoms with Gasteiger partial charge in [-0.3, -0.25) is 10.7 Å². The molecule has 1 heterocycles. The molecule has 0 saturated heterocycles. The molecule has 3 N–H and O–H groups in total. The highest BCUT2D eigenvalue weighted by atomic mass is 35.5. The molecule has 0 spiro atoms. The smallest absolute Gasteiger partial charge is 0.327 e. The van der Waals surface area contributed by atoms with Crippen molar-refractivity contribution >= 4 is 34.8 Å². The van der Waals surface area contributed by atoms with Crippen LogP contribution in [0.4, 0.5) is 22.0 Å². The van der Waals surface area contributed by atoms with Gasteiger partial charge in [-0.05, 0) is 56.2 Å². The number of rotatable bonds is 7. The Morgan fingerprint density at radius 3 is 2.63 bits per heavy atom. The fourth-order valence-corrected chi connectivity index (χ4v) is 2.66. The molecule has 0 aliphatic carbocycles. The van der Waals surface area contributed by atoms with Crippen LogP contribution in [0, 0.1) is 0 Å². The van der Waals surface area contributed by atoms with Gasteiger partial charge in [0, 0.05) is 17.8 Å². The first-order valence-electron chi connectivity index (χ1n) is 8.54. The molecule has 142 valence electrons. The third kappa shape index (κ3) is 5.84. The fourth-order valence-electron chi connectivity index (χ4n) is 2.52. The summed E-state index contributed by atoms with van der Waals surface area (Å²) in [7, 11) is 0. The quantitative estimate of drug-likeness (QED) is 0.451. The molecule has 7 heteroatoms. The topological polar surface area (TPSA) is 77.5 Å². The molecule has 0 fully saturated rings. The number of hydrogen-bond acceptors (Lipinski definition) is 4. The number of hydrogen-bond donors (Lipinski definition) is 3. The third-order valence-corrected chi connectivity index (χ3v) is 3.89. The monoisotopic (exact) mass is 386 g/mol. The molecular weight excluding hydrogens is 364 g/mol. The van der Waals surface area contributed by atoms with Crippen LogP contribution in [0.1, 0.15) is 20.3 Å². The van der Waals surface area contributed by atoms with E-state index in [1.807, 2.05) is 44.2 Å². The largest absolute Gasteiger partial charge is 0.337 e. The molecule has 0 radical (unpaired) electrons. The Kier molecular flexibility index (Phi) is 7.85. The van der Waals surface area contributed by atoms with Gasteiger partial charge in [0.2, 0.25) is 0 Å². The fraction of sp³-hybridized carbons (Fsp3) is 0.200. The molecule has 0 aliphatic rings. The van der Waals surface area contributed by atoms with Crippen LogP contribution in [-0.4, -0.2) is 22.8 Å². The van der Waals surface area contributed by atoms with Crippen LogP contribution in [-0.2, 0) is 0 Å². The van der Waals surface area contributed by atoms with Gasteiger partial charge in [0.1, 0.15) is 5.69 Å². The Hall–Kier alpha value is -2.83. The highest BCUT2D eigenvalue weighted by molar-refractivity contribution is 6.29. The minimum Gasteiger partial charge on any atom is -0.337 e. The Morgan fingerprint density at radius 1 is 1.26 bits per heavy atom. The molecule has 0 saturated carbocycles. The number of urea groups is 1. The summed E-state index contributed by atoms with van der Waals surface area (Å²) in [5, 5.41) is 13.0. The summed E-state index contributed by atoms with van der Waals surface area (Å²) in [6.45, 7) is 4.17. The third-order valence-electron chi connectivity index (χ3n) is 3.78. The van der Waals surface area contributed by atoms with Gasteiger partial charge in [-0.25, -0.2) is 14.7 Å². The molecule has 0 aliphatic heterocycles. The SMILES string of the molecule is C/C=C(\C=C(/C)Cl)CCNC(=O)N(c1ccccc1)c1ncccc1NO. The zero-order valence-electron chi connectivity index (χ0n) is 15.3. The van der Waals surface area contributed by atoms with Crippen molar-refractivity contribution in [2.24, 2.45) is 0 Å². The van der Waals surface area contributed by atoms with E-state index in [2.05, 4.69) is 15.8 Å². The summed E-state index contributed by atoms with van der Waals surface area (Å²) in [5.74, 6) is 0.298. The van der Waals surface area contributed by atoms with Crippen molar-refractivity contribution in [2.45, 2.75) is 20.3 Å². The van der Waals surface area contributed by atoms with Crippen molar-refractivity contribution in [1.82, 2.24) is 10.3 Å². The van der Waals surface area contributed by atoms with E-state index in [-0.39, 0.29) is 6.03 Å². The highest BCUT2D eigenvalue weighted by Gasteiger charge is 2.21. The number of amides is 2. The van der Waals surface area contributed by atoms with Gasteiger partial charge in [0.25, 0.3) is 0 Å². The molecule has 6 nitrogen and oxygen atoms in total. The van der Waals surface area contributed by atoms with Gasteiger partial charge >= 0.3 is 6.03 Å². The standard InChI is InChI=1S/C20H23ClN4O2/c1-3-16(14-15(2)21)11-13-23-20(26)25(17-8-5-4-6-9-17)19-18(24-27)10-7-12-22-19/h3-10,12,14,24,27H,11,13H2,1-2H3,(H,23,26)/b15-14+,16-3-. The van der Waals surface area contributed by atoms with Crippen LogP contribution >= 0.6 is 11.6 Å². The Morgan fingerprint density at radius 2 is 2.00 bits per heavy atom. The molecule has 1 aromatic carbocycles. The van der Waals surface area contributed by atoms with E-state index in [0.29, 0.717) is 35.2 Å². The number of allylic oxidation sites excluding steroid dienone is 3. The van der Waals surface area contributed by atoms with Gasteiger partial charge in [0.15, 0.2) is 5.82 Å². The lowest BCUT2D eigenvalue weighted by Gasteiger charge is -2.24. The molecule has 27 heavy (non-hydrogen) atoms. The molecule has 1 aromatic heterocycles. The van der Waals surface area contributed by atoms with Crippen molar-refractivity contribution in [3.8, 4) is 0 Å². The Bertz CT molecular complexity index is 818. The maximum Gasteiger partial charge on any atom is 0.327 e. The Balaban J connectivity index is 2.22. The van der Waals surface area contributed by atoms with Gasteiger partial charge in [-0.1, -0.05) is 35.9 Å². The number of nitrogens with zero attached hydrogens (tertiary/aromatic N) is 2. The van der Waals surface area contributed by atoms with Gasteiger partial charge in [-0.15, -0.1) is 0 Å². The number of para-hydroxylation sites is 1. The predicted octanol–water partition coefficient (Wildman–Crippen LogP) is 5.21. The highest BCUT2D eigenvalue weighted by Crippen LogP contribution is 2.29. The van der Waals surface area contributed by atoms with Crippen LogP contribution in [0.3, 0.4) is 0 Å². The summed E-state index contributed by atoms with van der Waals surface area (Å²) in [4.78, 5) is 18.6. The Labute approximate surface area is 164 Å². The molecular formula is C20H23ClN4O2. The maximum absolute atomic E-state index is 12.9. The van der Waals surface area contributed by atoms with Crippen LogP contribution in [0.5, 0.6) is 0 Å². The lowest BCUT2D eigenvalue weighted by molar-refractivity contribution is 0.248. The lowest BCUT2D eigenvalue weighted by atomic mass is 10.1. The number of carbonyl (C=O) groups excluding carboxylic acids is 1. The zero-order valence-corrected chi connectivity index (χ0v) is 16.1. The molecule has 2 rings (SSSR count). The minimum atomic E-state index is -0.349. The van der Waals surface area contributed by atoms with Gasteiger partial charge in [0.05, 0.1) is 5.69 Å². The van der Waals surface area contributed by atoms with Crippen molar-refractivity contribution in [3.63, 3.8) is 0 Å². The van der Waals surface area contributed by atoms with Crippen molar-refractivity contribution < 1.29 is 10.0 Å². The normalized spacial score (nSPS) is 11.9. The predicted molar refractivity (Wildman–Crippen MR) is 110 cm³/mol. The summed E-state index contributed by atoms with van der Waals surface area (Å²) >= 11 is 5.92. The summed E-state index contributed by atoms with van der Waals surface area (Å²) in [5.41, 5.74) is 4.08. The van der Waals surface area contributed by atoms with Crippen molar-refractivity contribution in [3.05, 3.63) is 71.4 Å².